The maximum atomic E-state index is 13.2. The van der Waals surface area contributed by atoms with Gasteiger partial charge in [0.2, 0.25) is 0 Å². The van der Waals surface area contributed by atoms with E-state index in [-0.39, 0.29) is 18.4 Å². The third-order valence-corrected chi connectivity index (χ3v) is 6.70. The van der Waals surface area contributed by atoms with E-state index in [1.807, 2.05) is 12.1 Å². The number of aromatic nitrogens is 1. The Kier molecular flexibility index (Phi) is 6.61. The van der Waals surface area contributed by atoms with E-state index in [1.54, 1.807) is 21.0 Å². The minimum absolute atomic E-state index is 0. The van der Waals surface area contributed by atoms with Crippen LogP contribution in [0.2, 0.25) is 0 Å². The van der Waals surface area contributed by atoms with Crippen LogP contribution in [0, 0.1) is 11.8 Å². The molecule has 0 bridgehead atoms. The number of nitrogens with zero attached hydrogens (tertiary/aromatic N) is 3. The summed E-state index contributed by atoms with van der Waals surface area (Å²) in [5.74, 6) is 0.821. The molecule has 3 unspecified atom stereocenters. The van der Waals surface area contributed by atoms with Gasteiger partial charge in [-0.05, 0) is 29.9 Å². The second-order valence-electron chi connectivity index (χ2n) is 6.89. The van der Waals surface area contributed by atoms with Crippen molar-refractivity contribution in [2.24, 2.45) is 11.8 Å². The largest absolute Gasteiger partial charge is 0.313 e. The van der Waals surface area contributed by atoms with Crippen molar-refractivity contribution in [1.82, 2.24) is 18.9 Å². The summed E-state index contributed by atoms with van der Waals surface area (Å²) in [5.41, 5.74) is 0.946. The normalized spacial score (nSPS) is 29.8. The fourth-order valence-electron chi connectivity index (χ4n) is 3.76. The van der Waals surface area contributed by atoms with Crippen molar-refractivity contribution < 1.29 is 8.42 Å². The van der Waals surface area contributed by atoms with E-state index >= 15 is 0 Å². The number of nitrogens with one attached hydrogen (secondary N) is 1. The molecule has 2 aliphatic rings. The van der Waals surface area contributed by atoms with Gasteiger partial charge in [-0.25, -0.2) is 0 Å². The molecular formula is C16H27ClN4O2S. The SMILES string of the molecule is CC1CC(C)CN(S(=O)(=O)N2CCNCC2c2cccnc2)C1.Cl. The summed E-state index contributed by atoms with van der Waals surface area (Å²) in [5, 5.41) is 3.30. The Morgan fingerprint density at radius 3 is 2.58 bits per heavy atom. The van der Waals surface area contributed by atoms with Crippen LogP contribution in [0.3, 0.4) is 0 Å². The van der Waals surface area contributed by atoms with Crippen molar-refractivity contribution in [1.29, 1.82) is 0 Å². The summed E-state index contributed by atoms with van der Waals surface area (Å²) in [6.07, 6.45) is 4.58. The van der Waals surface area contributed by atoms with E-state index in [0.717, 1.165) is 12.0 Å². The monoisotopic (exact) mass is 374 g/mol. The van der Waals surface area contributed by atoms with Gasteiger partial charge in [0, 0.05) is 45.1 Å². The zero-order valence-electron chi connectivity index (χ0n) is 14.3. The topological polar surface area (TPSA) is 65.5 Å². The molecule has 2 saturated heterocycles. The quantitative estimate of drug-likeness (QED) is 0.874. The number of piperazine rings is 1. The highest BCUT2D eigenvalue weighted by Crippen LogP contribution is 2.30. The standard InChI is InChI=1S/C16H26N4O2S.ClH/c1-13-8-14(2)12-19(11-13)23(21,22)20-7-6-18-10-16(20)15-4-3-5-17-9-15;/h3-5,9,13-14,16,18H,6-8,10-12H2,1-2H3;1H. The first-order valence-corrected chi connectivity index (χ1v) is 9.75. The molecule has 1 aromatic rings. The lowest BCUT2D eigenvalue weighted by Gasteiger charge is -2.41. The van der Waals surface area contributed by atoms with E-state index in [1.165, 1.54) is 0 Å². The Bertz CT molecular complexity index is 618. The van der Waals surface area contributed by atoms with Gasteiger partial charge in [-0.2, -0.15) is 17.0 Å². The minimum Gasteiger partial charge on any atom is -0.313 e. The molecule has 2 aliphatic heterocycles. The predicted octanol–water partition coefficient (Wildman–Crippen LogP) is 1.67. The molecule has 1 N–H and O–H groups in total. The first-order chi connectivity index (χ1) is 11.0. The van der Waals surface area contributed by atoms with Gasteiger partial charge in [0.1, 0.15) is 0 Å². The van der Waals surface area contributed by atoms with Crippen LogP contribution in [0.5, 0.6) is 0 Å². The van der Waals surface area contributed by atoms with Gasteiger partial charge in [0.15, 0.2) is 0 Å². The van der Waals surface area contributed by atoms with E-state index in [2.05, 4.69) is 24.1 Å². The lowest BCUT2D eigenvalue weighted by molar-refractivity contribution is 0.190. The Labute approximate surface area is 151 Å². The van der Waals surface area contributed by atoms with Crippen LogP contribution in [0.15, 0.2) is 24.5 Å². The fraction of sp³-hybridized carbons (Fsp3) is 0.688. The zero-order chi connectivity index (χ0) is 16.4. The minimum atomic E-state index is -3.45. The highest BCUT2D eigenvalue weighted by atomic mass is 35.5. The highest BCUT2D eigenvalue weighted by Gasteiger charge is 2.39. The van der Waals surface area contributed by atoms with Gasteiger partial charge in [-0.3, -0.25) is 4.98 Å². The summed E-state index contributed by atoms with van der Waals surface area (Å²) in [4.78, 5) is 4.15. The molecular weight excluding hydrogens is 348 g/mol. The second-order valence-corrected chi connectivity index (χ2v) is 8.77. The highest BCUT2D eigenvalue weighted by molar-refractivity contribution is 7.86. The molecule has 3 heterocycles. The second kappa shape index (κ2) is 8.10. The van der Waals surface area contributed by atoms with Gasteiger partial charge in [-0.1, -0.05) is 19.9 Å². The van der Waals surface area contributed by atoms with Gasteiger partial charge in [0.25, 0.3) is 10.2 Å². The van der Waals surface area contributed by atoms with Crippen molar-refractivity contribution in [2.45, 2.75) is 26.3 Å². The summed E-state index contributed by atoms with van der Waals surface area (Å²) >= 11 is 0. The smallest absolute Gasteiger partial charge is 0.282 e. The maximum Gasteiger partial charge on any atom is 0.282 e. The van der Waals surface area contributed by atoms with Crippen molar-refractivity contribution >= 4 is 22.6 Å². The average molecular weight is 375 g/mol. The van der Waals surface area contributed by atoms with Crippen LogP contribution in [0.25, 0.3) is 0 Å². The Morgan fingerprint density at radius 2 is 1.96 bits per heavy atom. The number of halogens is 1. The van der Waals surface area contributed by atoms with Gasteiger partial charge < -0.3 is 5.32 Å². The summed E-state index contributed by atoms with van der Waals surface area (Å²) in [6, 6.07) is 3.63. The lowest BCUT2D eigenvalue weighted by Crippen LogP contribution is -2.55. The molecule has 0 aromatic carbocycles. The first-order valence-electron chi connectivity index (χ1n) is 8.36. The van der Waals surface area contributed by atoms with E-state index in [4.69, 9.17) is 0 Å². The molecule has 8 heteroatoms. The summed E-state index contributed by atoms with van der Waals surface area (Å²) < 4.78 is 29.8. The van der Waals surface area contributed by atoms with Crippen LogP contribution in [-0.2, 0) is 10.2 Å². The Morgan fingerprint density at radius 1 is 1.25 bits per heavy atom. The molecule has 3 atom stereocenters. The molecule has 0 spiro atoms. The van der Waals surface area contributed by atoms with E-state index < -0.39 is 10.2 Å². The van der Waals surface area contributed by atoms with Crippen molar-refractivity contribution in [3.05, 3.63) is 30.1 Å². The number of hydrogen-bond acceptors (Lipinski definition) is 4. The summed E-state index contributed by atoms with van der Waals surface area (Å²) in [6.45, 7) is 7.33. The molecule has 3 rings (SSSR count). The fourth-order valence-corrected chi connectivity index (χ4v) is 5.78. The maximum absolute atomic E-state index is 13.2. The summed E-state index contributed by atoms with van der Waals surface area (Å²) in [7, 11) is -3.45. The van der Waals surface area contributed by atoms with E-state index in [9.17, 15) is 8.42 Å². The molecule has 0 aliphatic carbocycles. The van der Waals surface area contributed by atoms with Gasteiger partial charge in [0.05, 0.1) is 6.04 Å². The van der Waals surface area contributed by atoms with Crippen molar-refractivity contribution in [3.8, 4) is 0 Å². The lowest BCUT2D eigenvalue weighted by atomic mass is 9.94. The van der Waals surface area contributed by atoms with Crippen LogP contribution >= 0.6 is 12.4 Å². The average Bonchev–Trinajstić information content (AvgIpc) is 2.55. The molecule has 0 saturated carbocycles. The van der Waals surface area contributed by atoms with Crippen molar-refractivity contribution in [2.75, 3.05) is 32.7 Å². The van der Waals surface area contributed by atoms with Crippen molar-refractivity contribution in [3.63, 3.8) is 0 Å². The third-order valence-electron chi connectivity index (χ3n) is 4.72. The molecule has 0 amide bonds. The Balaban J connectivity index is 0.00000208. The third kappa shape index (κ3) is 4.08. The van der Waals surface area contributed by atoms with Crippen LogP contribution in [0.4, 0.5) is 0 Å². The first kappa shape index (κ1) is 19.6. The molecule has 2 fully saturated rings. The Hall–Kier alpha value is -0.730. The molecule has 136 valence electrons. The van der Waals surface area contributed by atoms with Crippen LogP contribution < -0.4 is 5.32 Å². The number of piperidine rings is 1. The number of hydrogen-bond donors (Lipinski definition) is 1. The van der Waals surface area contributed by atoms with Gasteiger partial charge >= 0.3 is 0 Å². The molecule has 1 aromatic heterocycles. The van der Waals surface area contributed by atoms with Gasteiger partial charge in [-0.15, -0.1) is 12.4 Å². The predicted molar refractivity (Wildman–Crippen MR) is 97.2 cm³/mol. The van der Waals surface area contributed by atoms with Crippen LogP contribution in [-0.4, -0.2) is 54.7 Å². The number of rotatable bonds is 3. The number of pyridine rings is 1. The molecule has 6 nitrogen and oxygen atoms in total. The molecule has 0 radical (unpaired) electrons. The molecule has 24 heavy (non-hydrogen) atoms. The van der Waals surface area contributed by atoms with Crippen LogP contribution in [0.1, 0.15) is 31.9 Å². The zero-order valence-corrected chi connectivity index (χ0v) is 15.9. The van der Waals surface area contributed by atoms with E-state index in [0.29, 0.717) is 44.6 Å².